The molecule has 0 radical (unpaired) electrons. The molecule has 6 heteroatoms. The number of aryl methyl sites for hydroxylation is 2. The third-order valence-corrected chi connectivity index (χ3v) is 2.81. The van der Waals surface area contributed by atoms with Crippen molar-refractivity contribution in [3.05, 3.63) is 29.7 Å². The van der Waals surface area contributed by atoms with Crippen molar-refractivity contribution < 1.29 is 4.52 Å². The number of aromatic nitrogens is 4. The first kappa shape index (κ1) is 13.7. The molecule has 19 heavy (non-hydrogen) atoms. The lowest BCUT2D eigenvalue weighted by atomic mass is 10.3. The molecule has 1 atom stereocenters. The monoisotopic (exact) mass is 263 g/mol. The van der Waals surface area contributed by atoms with Crippen molar-refractivity contribution in [2.45, 2.75) is 52.7 Å². The van der Waals surface area contributed by atoms with Crippen LogP contribution in [0.25, 0.3) is 0 Å². The second-order valence-electron chi connectivity index (χ2n) is 4.88. The molecule has 0 aliphatic rings. The quantitative estimate of drug-likeness (QED) is 0.823. The topological polar surface area (TPSA) is 68.8 Å². The summed E-state index contributed by atoms with van der Waals surface area (Å²) < 4.78 is 7.08. The third kappa shape index (κ3) is 4.17. The van der Waals surface area contributed by atoms with Crippen molar-refractivity contribution in [1.29, 1.82) is 0 Å². The van der Waals surface area contributed by atoms with Crippen molar-refractivity contribution in [3.63, 3.8) is 0 Å². The standard InChI is InChI=1S/C13H21N5O/c1-4-5-13-16-12(17-19-13)7-14-11(3)9-18-8-10(2)6-15-18/h6,8,11,14H,4-5,7,9H2,1-3H3/t11-/m0/s1. The Balaban J connectivity index is 1.77. The van der Waals surface area contributed by atoms with E-state index in [0.717, 1.165) is 25.3 Å². The van der Waals surface area contributed by atoms with Crippen LogP contribution in [0.3, 0.4) is 0 Å². The average molecular weight is 263 g/mol. The van der Waals surface area contributed by atoms with E-state index in [-0.39, 0.29) is 0 Å². The van der Waals surface area contributed by atoms with Crippen LogP contribution in [-0.2, 0) is 19.5 Å². The molecule has 6 nitrogen and oxygen atoms in total. The van der Waals surface area contributed by atoms with Crippen molar-refractivity contribution in [2.75, 3.05) is 0 Å². The van der Waals surface area contributed by atoms with E-state index < -0.39 is 0 Å². The van der Waals surface area contributed by atoms with Crippen molar-refractivity contribution in [3.8, 4) is 0 Å². The molecule has 2 aromatic rings. The lowest BCUT2D eigenvalue weighted by Gasteiger charge is -2.12. The Morgan fingerprint density at radius 1 is 1.47 bits per heavy atom. The molecule has 2 rings (SSSR count). The fraction of sp³-hybridized carbons (Fsp3) is 0.615. The van der Waals surface area contributed by atoms with Gasteiger partial charge < -0.3 is 9.84 Å². The molecule has 1 N–H and O–H groups in total. The number of nitrogens with one attached hydrogen (secondary N) is 1. The molecule has 0 aliphatic heterocycles. The highest BCUT2D eigenvalue weighted by Crippen LogP contribution is 2.01. The van der Waals surface area contributed by atoms with Gasteiger partial charge in [0, 0.05) is 18.7 Å². The highest BCUT2D eigenvalue weighted by molar-refractivity contribution is 4.99. The fourth-order valence-electron chi connectivity index (χ4n) is 1.85. The predicted molar refractivity (Wildman–Crippen MR) is 71.6 cm³/mol. The molecule has 0 aliphatic carbocycles. The van der Waals surface area contributed by atoms with Gasteiger partial charge in [-0.3, -0.25) is 4.68 Å². The maximum atomic E-state index is 5.14. The average Bonchev–Trinajstić information content (AvgIpc) is 2.97. The number of nitrogens with zero attached hydrogens (tertiary/aromatic N) is 4. The molecule has 0 bridgehead atoms. The van der Waals surface area contributed by atoms with Crippen LogP contribution < -0.4 is 5.32 Å². The van der Waals surface area contributed by atoms with Gasteiger partial charge in [0.15, 0.2) is 5.82 Å². The molecule has 0 unspecified atom stereocenters. The molecule has 104 valence electrons. The zero-order valence-corrected chi connectivity index (χ0v) is 11.8. The van der Waals surface area contributed by atoms with Gasteiger partial charge >= 0.3 is 0 Å². The minimum Gasteiger partial charge on any atom is -0.339 e. The smallest absolute Gasteiger partial charge is 0.226 e. The highest BCUT2D eigenvalue weighted by atomic mass is 16.5. The summed E-state index contributed by atoms with van der Waals surface area (Å²) in [7, 11) is 0. The van der Waals surface area contributed by atoms with Gasteiger partial charge in [-0.1, -0.05) is 12.1 Å². The second kappa shape index (κ2) is 6.47. The van der Waals surface area contributed by atoms with E-state index in [1.165, 1.54) is 5.56 Å². The van der Waals surface area contributed by atoms with E-state index in [9.17, 15) is 0 Å². The van der Waals surface area contributed by atoms with Crippen LogP contribution in [0.15, 0.2) is 16.9 Å². The Morgan fingerprint density at radius 3 is 3.00 bits per heavy atom. The van der Waals surface area contributed by atoms with E-state index in [0.29, 0.717) is 18.4 Å². The van der Waals surface area contributed by atoms with E-state index in [1.807, 2.05) is 24.0 Å². The first-order valence-corrected chi connectivity index (χ1v) is 6.71. The Kier molecular flexibility index (Phi) is 4.68. The first-order valence-electron chi connectivity index (χ1n) is 6.71. The Morgan fingerprint density at radius 2 is 2.32 bits per heavy atom. The molecular weight excluding hydrogens is 242 g/mol. The van der Waals surface area contributed by atoms with E-state index >= 15 is 0 Å². The zero-order valence-electron chi connectivity index (χ0n) is 11.8. The Hall–Kier alpha value is -1.69. The summed E-state index contributed by atoms with van der Waals surface area (Å²) >= 11 is 0. The molecular formula is C13H21N5O. The third-order valence-electron chi connectivity index (χ3n) is 2.81. The summed E-state index contributed by atoms with van der Waals surface area (Å²) in [6.45, 7) is 7.69. The van der Waals surface area contributed by atoms with Gasteiger partial charge in [-0.2, -0.15) is 10.1 Å². The maximum absolute atomic E-state index is 5.14. The molecule has 2 heterocycles. The zero-order chi connectivity index (χ0) is 13.7. The number of hydrogen-bond acceptors (Lipinski definition) is 5. The predicted octanol–water partition coefficient (Wildman–Crippen LogP) is 1.71. The van der Waals surface area contributed by atoms with E-state index in [1.54, 1.807) is 0 Å². The lowest BCUT2D eigenvalue weighted by Crippen LogP contribution is -2.30. The summed E-state index contributed by atoms with van der Waals surface area (Å²) in [5, 5.41) is 11.6. The molecule has 0 fully saturated rings. The SMILES string of the molecule is CCCc1nc(CN[C@@H](C)Cn2cc(C)cn2)no1. The summed E-state index contributed by atoms with van der Waals surface area (Å²) in [5.41, 5.74) is 1.18. The van der Waals surface area contributed by atoms with Gasteiger partial charge in [0.25, 0.3) is 0 Å². The minimum atomic E-state index is 0.299. The van der Waals surface area contributed by atoms with Gasteiger partial charge in [0.1, 0.15) is 0 Å². The van der Waals surface area contributed by atoms with Crippen LogP contribution in [0.5, 0.6) is 0 Å². The number of rotatable bonds is 7. The molecule has 0 aromatic carbocycles. The molecule has 0 saturated carbocycles. The Labute approximate surface area is 113 Å². The van der Waals surface area contributed by atoms with Crippen LogP contribution in [-0.4, -0.2) is 26.0 Å². The molecule has 0 spiro atoms. The minimum absolute atomic E-state index is 0.299. The van der Waals surface area contributed by atoms with Crippen LogP contribution in [0.4, 0.5) is 0 Å². The van der Waals surface area contributed by atoms with Crippen LogP contribution in [0.2, 0.25) is 0 Å². The first-order chi connectivity index (χ1) is 9.17. The van der Waals surface area contributed by atoms with Gasteiger partial charge in [-0.25, -0.2) is 0 Å². The Bertz CT molecular complexity index is 505. The van der Waals surface area contributed by atoms with Crippen molar-refractivity contribution in [2.24, 2.45) is 0 Å². The fourth-order valence-corrected chi connectivity index (χ4v) is 1.85. The maximum Gasteiger partial charge on any atom is 0.226 e. The van der Waals surface area contributed by atoms with Crippen molar-refractivity contribution in [1.82, 2.24) is 25.2 Å². The molecule has 0 amide bonds. The highest BCUT2D eigenvalue weighted by Gasteiger charge is 2.08. The molecule has 0 saturated heterocycles. The summed E-state index contributed by atoms with van der Waals surface area (Å²) in [6, 6.07) is 0.299. The summed E-state index contributed by atoms with van der Waals surface area (Å²) in [5.74, 6) is 1.43. The molecule has 2 aromatic heterocycles. The van der Waals surface area contributed by atoms with Gasteiger partial charge in [-0.15, -0.1) is 0 Å². The summed E-state index contributed by atoms with van der Waals surface area (Å²) in [4.78, 5) is 4.32. The van der Waals surface area contributed by atoms with Gasteiger partial charge in [0.2, 0.25) is 5.89 Å². The van der Waals surface area contributed by atoms with Crippen molar-refractivity contribution >= 4 is 0 Å². The van der Waals surface area contributed by atoms with Crippen LogP contribution in [0, 0.1) is 6.92 Å². The normalized spacial score (nSPS) is 12.8. The van der Waals surface area contributed by atoms with Crippen LogP contribution in [0.1, 0.15) is 37.5 Å². The van der Waals surface area contributed by atoms with E-state index in [4.69, 9.17) is 4.52 Å². The van der Waals surface area contributed by atoms with E-state index in [2.05, 4.69) is 34.4 Å². The van der Waals surface area contributed by atoms with Gasteiger partial charge in [0.05, 0.1) is 19.3 Å². The van der Waals surface area contributed by atoms with Crippen LogP contribution >= 0.6 is 0 Å². The largest absolute Gasteiger partial charge is 0.339 e. The number of hydrogen-bond donors (Lipinski definition) is 1. The summed E-state index contributed by atoms with van der Waals surface area (Å²) in [6.07, 6.45) is 5.76. The second-order valence-corrected chi connectivity index (χ2v) is 4.88. The van der Waals surface area contributed by atoms with Gasteiger partial charge in [-0.05, 0) is 25.8 Å². The lowest BCUT2D eigenvalue weighted by molar-refractivity contribution is 0.367.